The fourth-order valence-electron chi connectivity index (χ4n) is 2.66. The molecule has 0 atom stereocenters. The highest BCUT2D eigenvalue weighted by atomic mass is 32.1. The topological polar surface area (TPSA) is 61.1 Å². The molecular weight excluding hydrogens is 312 g/mol. The van der Waals surface area contributed by atoms with Crippen molar-refractivity contribution < 1.29 is 4.79 Å². The summed E-state index contributed by atoms with van der Waals surface area (Å²) in [4.78, 5) is 36.5. The maximum absolute atomic E-state index is 12.6. The molecular formula is C17H16N2O3S. The van der Waals surface area contributed by atoms with Crippen LogP contribution in [0.4, 0.5) is 0 Å². The summed E-state index contributed by atoms with van der Waals surface area (Å²) in [6.45, 7) is 2.10. The third-order valence-electron chi connectivity index (χ3n) is 3.85. The van der Waals surface area contributed by atoms with Crippen LogP contribution in [-0.2, 0) is 24.3 Å². The molecule has 0 aliphatic rings. The summed E-state index contributed by atoms with van der Waals surface area (Å²) in [5.41, 5.74) is 1.15. The van der Waals surface area contributed by atoms with Crippen LogP contribution in [0.25, 0.3) is 10.2 Å². The van der Waals surface area contributed by atoms with E-state index >= 15 is 0 Å². The molecule has 118 valence electrons. The van der Waals surface area contributed by atoms with Gasteiger partial charge in [0.2, 0.25) is 0 Å². The van der Waals surface area contributed by atoms with E-state index in [4.69, 9.17) is 0 Å². The van der Waals surface area contributed by atoms with Crippen molar-refractivity contribution in [2.24, 2.45) is 0 Å². The fraction of sp³-hybridized carbons (Fsp3) is 0.235. The molecule has 0 saturated heterocycles. The molecule has 0 spiro atoms. The van der Waals surface area contributed by atoms with Crippen LogP contribution >= 0.6 is 11.3 Å². The van der Waals surface area contributed by atoms with Crippen molar-refractivity contribution in [3.8, 4) is 0 Å². The normalized spacial score (nSPS) is 11.0. The zero-order valence-corrected chi connectivity index (χ0v) is 13.5. The zero-order chi connectivity index (χ0) is 16.4. The Hall–Kier alpha value is -2.47. The van der Waals surface area contributed by atoms with Crippen LogP contribution in [0.5, 0.6) is 0 Å². The molecule has 0 N–H and O–H groups in total. The first-order valence-electron chi connectivity index (χ1n) is 7.32. The van der Waals surface area contributed by atoms with Crippen molar-refractivity contribution >= 4 is 27.8 Å². The summed E-state index contributed by atoms with van der Waals surface area (Å²) >= 11 is 1.39. The van der Waals surface area contributed by atoms with Gasteiger partial charge in [0.1, 0.15) is 11.1 Å². The van der Waals surface area contributed by atoms with E-state index in [1.54, 1.807) is 4.57 Å². The van der Waals surface area contributed by atoms with E-state index in [-0.39, 0.29) is 12.1 Å². The smallest absolute Gasteiger partial charge is 0.301 e. The number of fused-ring (bicyclic) bond motifs is 1. The first-order valence-corrected chi connectivity index (χ1v) is 8.20. The molecule has 0 aliphatic heterocycles. The Kier molecular flexibility index (Phi) is 4.25. The molecule has 0 radical (unpaired) electrons. The van der Waals surface area contributed by atoms with E-state index in [9.17, 15) is 14.4 Å². The van der Waals surface area contributed by atoms with Gasteiger partial charge in [-0.1, -0.05) is 30.3 Å². The molecule has 2 aromatic heterocycles. The van der Waals surface area contributed by atoms with Crippen LogP contribution in [0.2, 0.25) is 0 Å². The third kappa shape index (κ3) is 2.77. The summed E-state index contributed by atoms with van der Waals surface area (Å²) < 4.78 is 2.62. The van der Waals surface area contributed by atoms with E-state index < -0.39 is 5.69 Å². The Labute approximate surface area is 136 Å². The standard InChI is InChI=1S/C17H16N2O3S/c1-12-11-23-16-14(12)15(21)18(9-10-20)17(22)19(16)8-7-13-5-3-2-4-6-13/h2-6,10-11H,7-9H2,1H3. The van der Waals surface area contributed by atoms with Crippen LogP contribution < -0.4 is 11.2 Å². The number of aromatic nitrogens is 2. The van der Waals surface area contributed by atoms with Crippen molar-refractivity contribution in [1.29, 1.82) is 0 Å². The van der Waals surface area contributed by atoms with Gasteiger partial charge in [-0.25, -0.2) is 4.79 Å². The molecule has 0 aliphatic carbocycles. The molecule has 0 saturated carbocycles. The van der Waals surface area contributed by atoms with Crippen molar-refractivity contribution in [1.82, 2.24) is 9.13 Å². The number of rotatable bonds is 5. The quantitative estimate of drug-likeness (QED) is 0.673. The number of aldehydes is 1. The van der Waals surface area contributed by atoms with E-state index in [2.05, 4.69) is 0 Å². The van der Waals surface area contributed by atoms with Crippen molar-refractivity contribution in [3.05, 3.63) is 67.7 Å². The maximum Gasteiger partial charge on any atom is 0.332 e. The van der Waals surface area contributed by atoms with Gasteiger partial charge in [0.25, 0.3) is 5.56 Å². The lowest BCUT2D eigenvalue weighted by atomic mass is 10.1. The Balaban J connectivity index is 2.13. The molecule has 2 heterocycles. The summed E-state index contributed by atoms with van der Waals surface area (Å²) in [7, 11) is 0. The molecule has 0 bridgehead atoms. The minimum atomic E-state index is -0.424. The molecule has 6 heteroatoms. The number of nitrogens with zero attached hydrogens (tertiary/aromatic N) is 2. The number of carbonyl (C=O) groups excluding carboxylic acids is 1. The minimum absolute atomic E-state index is 0.214. The average Bonchev–Trinajstić information content (AvgIpc) is 2.94. The summed E-state index contributed by atoms with van der Waals surface area (Å²) in [6, 6.07) is 9.86. The maximum atomic E-state index is 12.6. The predicted octanol–water partition coefficient (Wildman–Crippen LogP) is 1.97. The van der Waals surface area contributed by atoms with E-state index in [1.165, 1.54) is 11.3 Å². The van der Waals surface area contributed by atoms with Gasteiger partial charge in [-0.05, 0) is 29.9 Å². The molecule has 0 unspecified atom stereocenters. The number of carbonyl (C=O) groups is 1. The highest BCUT2D eigenvalue weighted by Crippen LogP contribution is 2.21. The van der Waals surface area contributed by atoms with Crippen LogP contribution in [0, 0.1) is 6.92 Å². The summed E-state index contributed by atoms with van der Waals surface area (Å²) in [5, 5.41) is 2.40. The first kappa shape index (κ1) is 15.4. The van der Waals surface area contributed by atoms with Crippen LogP contribution in [0.3, 0.4) is 0 Å². The minimum Gasteiger partial charge on any atom is -0.301 e. The highest BCUT2D eigenvalue weighted by molar-refractivity contribution is 7.17. The van der Waals surface area contributed by atoms with Crippen LogP contribution in [-0.4, -0.2) is 15.4 Å². The monoisotopic (exact) mass is 328 g/mol. The van der Waals surface area contributed by atoms with Crippen molar-refractivity contribution in [3.63, 3.8) is 0 Å². The molecule has 23 heavy (non-hydrogen) atoms. The van der Waals surface area contributed by atoms with Gasteiger partial charge in [-0.3, -0.25) is 13.9 Å². The van der Waals surface area contributed by atoms with Gasteiger partial charge < -0.3 is 4.79 Å². The van der Waals surface area contributed by atoms with Gasteiger partial charge >= 0.3 is 5.69 Å². The van der Waals surface area contributed by atoms with Crippen molar-refractivity contribution in [2.45, 2.75) is 26.4 Å². The first-order chi connectivity index (χ1) is 11.1. The van der Waals surface area contributed by atoms with E-state index in [1.807, 2.05) is 42.6 Å². The Bertz CT molecular complexity index is 967. The number of aryl methyl sites for hydroxylation is 3. The van der Waals surface area contributed by atoms with Crippen molar-refractivity contribution in [2.75, 3.05) is 0 Å². The second-order valence-electron chi connectivity index (χ2n) is 5.35. The lowest BCUT2D eigenvalue weighted by molar-refractivity contribution is -0.108. The third-order valence-corrected chi connectivity index (χ3v) is 4.96. The number of benzene rings is 1. The largest absolute Gasteiger partial charge is 0.332 e. The van der Waals surface area contributed by atoms with Gasteiger partial charge in [0, 0.05) is 6.54 Å². The molecule has 1 aromatic carbocycles. The molecule has 0 fully saturated rings. The number of hydrogen-bond acceptors (Lipinski definition) is 4. The molecule has 5 nitrogen and oxygen atoms in total. The second-order valence-corrected chi connectivity index (χ2v) is 6.21. The Morgan fingerprint density at radius 3 is 2.57 bits per heavy atom. The molecule has 0 amide bonds. The number of hydrogen-bond donors (Lipinski definition) is 0. The van der Waals surface area contributed by atoms with E-state index in [0.29, 0.717) is 29.5 Å². The summed E-state index contributed by atoms with van der Waals surface area (Å²) in [6.07, 6.45) is 1.27. The van der Waals surface area contributed by atoms with Gasteiger partial charge in [-0.15, -0.1) is 11.3 Å². The lowest BCUT2D eigenvalue weighted by Gasteiger charge is -2.11. The Morgan fingerprint density at radius 1 is 1.13 bits per heavy atom. The lowest BCUT2D eigenvalue weighted by Crippen LogP contribution is -2.40. The second kappa shape index (κ2) is 6.34. The average molecular weight is 328 g/mol. The SMILES string of the molecule is Cc1csc2c1c(=O)n(CC=O)c(=O)n2CCc1ccccc1. The number of thiophene rings is 1. The van der Waals surface area contributed by atoms with Crippen LogP contribution in [0.15, 0.2) is 45.3 Å². The highest BCUT2D eigenvalue weighted by Gasteiger charge is 2.16. The molecule has 3 aromatic rings. The van der Waals surface area contributed by atoms with Gasteiger partial charge in [0.05, 0.1) is 11.9 Å². The van der Waals surface area contributed by atoms with Gasteiger partial charge in [-0.2, -0.15) is 0 Å². The van der Waals surface area contributed by atoms with Gasteiger partial charge in [0.15, 0.2) is 0 Å². The summed E-state index contributed by atoms with van der Waals surface area (Å²) in [5.74, 6) is 0. The molecule has 3 rings (SSSR count). The zero-order valence-electron chi connectivity index (χ0n) is 12.7. The van der Waals surface area contributed by atoms with E-state index in [0.717, 1.165) is 15.7 Å². The fourth-order valence-corrected chi connectivity index (χ4v) is 3.73. The Morgan fingerprint density at radius 2 is 1.87 bits per heavy atom. The predicted molar refractivity (Wildman–Crippen MR) is 91.3 cm³/mol. The van der Waals surface area contributed by atoms with Crippen LogP contribution in [0.1, 0.15) is 11.1 Å².